The third kappa shape index (κ3) is 94.7. The molecule has 53 heavy (non-hydrogen) atoms. The van der Waals surface area contributed by atoms with E-state index in [9.17, 15) is 0 Å². The average molecular weight is 767 g/mol. The summed E-state index contributed by atoms with van der Waals surface area (Å²) in [6.07, 6.45) is 41.5. The predicted molar refractivity (Wildman–Crippen MR) is 246 cm³/mol. The first kappa shape index (κ1) is 67.3. The number of rotatable bonds is 34. The van der Waals surface area contributed by atoms with Crippen LogP contribution in [-0.2, 0) is 4.89 Å². The Balaban J connectivity index is -0.0000000870. The van der Waals surface area contributed by atoms with Crippen LogP contribution in [0.2, 0.25) is 0 Å². The topological polar surface area (TPSA) is 110 Å². The summed E-state index contributed by atoms with van der Waals surface area (Å²) in [5, 5.41) is 16.4. The molecule has 0 aromatic heterocycles. The quantitative estimate of drug-likeness (QED) is 0.0199. The van der Waals surface area contributed by atoms with E-state index in [0.29, 0.717) is 13.2 Å². The first-order valence-electron chi connectivity index (χ1n) is 22.7. The van der Waals surface area contributed by atoms with Crippen molar-refractivity contribution in [3.63, 3.8) is 0 Å². The molecule has 0 radical (unpaired) electrons. The molecular formula is C47H110N2O4. The summed E-state index contributed by atoms with van der Waals surface area (Å²) in [7, 11) is 0. The minimum atomic E-state index is 0. The number of hydrogen-bond donors (Lipinski definition) is 3. The summed E-state index contributed by atoms with van der Waals surface area (Å²) < 4.78 is 0. The van der Waals surface area contributed by atoms with E-state index in [1.807, 2.05) is 6.08 Å². The highest BCUT2D eigenvalue weighted by molar-refractivity contribution is 4.65. The lowest BCUT2D eigenvalue weighted by Crippen LogP contribution is -2.31. The van der Waals surface area contributed by atoms with Crippen molar-refractivity contribution in [3.8, 4) is 0 Å². The second-order valence-electron chi connectivity index (χ2n) is 15.2. The van der Waals surface area contributed by atoms with Gasteiger partial charge < -0.3 is 16.3 Å². The van der Waals surface area contributed by atoms with Crippen LogP contribution in [0.15, 0.2) is 12.7 Å². The number of nitrogens with two attached hydrogens (primary N) is 1. The van der Waals surface area contributed by atoms with Crippen LogP contribution in [0.3, 0.4) is 0 Å². The summed E-state index contributed by atoms with van der Waals surface area (Å²) in [4.78, 5) is 6.36. The fourth-order valence-electron chi connectivity index (χ4n) is 5.26. The number of aliphatic hydroxyl groups excluding tert-OH is 1. The highest BCUT2D eigenvalue weighted by Crippen LogP contribution is 2.09. The third-order valence-corrected chi connectivity index (χ3v) is 8.53. The molecule has 0 amide bonds. The summed E-state index contributed by atoms with van der Waals surface area (Å²) in [5.74, 6) is 0.833. The van der Waals surface area contributed by atoms with E-state index in [1.54, 1.807) is 0 Å². The SMILES string of the molecule is C.C=CCCCCCCCN(CN)CCCCCCC.CC(C)C.CCCCCCCCC.CCCCCCCCO.CCCCCCCCOO.O.[HH]. The molecule has 0 saturated carbocycles. The van der Waals surface area contributed by atoms with Crippen molar-refractivity contribution in [3.05, 3.63) is 12.7 Å². The highest BCUT2D eigenvalue weighted by Gasteiger charge is 2.02. The van der Waals surface area contributed by atoms with Gasteiger partial charge in [0.05, 0.1) is 6.61 Å². The van der Waals surface area contributed by atoms with Crippen molar-refractivity contribution < 1.29 is 22.2 Å². The average Bonchev–Trinajstić information content (AvgIpc) is 3.12. The van der Waals surface area contributed by atoms with E-state index >= 15 is 0 Å². The van der Waals surface area contributed by atoms with Gasteiger partial charge in [-0.15, -0.1) is 6.58 Å². The van der Waals surface area contributed by atoms with Crippen molar-refractivity contribution in [2.45, 2.75) is 255 Å². The largest absolute Gasteiger partial charge is 0.412 e. The van der Waals surface area contributed by atoms with Gasteiger partial charge in [0.2, 0.25) is 0 Å². The predicted octanol–water partition coefficient (Wildman–Crippen LogP) is 15.4. The lowest BCUT2D eigenvalue weighted by Gasteiger charge is -2.19. The Hall–Kier alpha value is -0.500. The molecule has 0 atom stereocenters. The van der Waals surface area contributed by atoms with E-state index in [2.05, 4.69) is 71.8 Å². The highest BCUT2D eigenvalue weighted by atomic mass is 17.1. The van der Waals surface area contributed by atoms with Crippen LogP contribution in [0.4, 0.5) is 0 Å². The van der Waals surface area contributed by atoms with Crippen LogP contribution in [-0.4, -0.2) is 53.7 Å². The van der Waals surface area contributed by atoms with Crippen LogP contribution < -0.4 is 5.73 Å². The smallest absolute Gasteiger partial charge is 0.0819 e. The number of allylic oxidation sites excluding steroid dienone is 1. The molecule has 0 aromatic rings. The van der Waals surface area contributed by atoms with Crippen molar-refractivity contribution in [2.24, 2.45) is 11.7 Å². The summed E-state index contributed by atoms with van der Waals surface area (Å²) in [6.45, 7) is 25.4. The second kappa shape index (κ2) is 72.7. The van der Waals surface area contributed by atoms with Gasteiger partial charge in [0.1, 0.15) is 0 Å². The Bertz CT molecular complexity index is 493. The number of aliphatic hydroxyl groups is 1. The van der Waals surface area contributed by atoms with E-state index < -0.39 is 0 Å². The number of hydrogen-bond acceptors (Lipinski definition) is 5. The molecule has 0 heterocycles. The van der Waals surface area contributed by atoms with Gasteiger partial charge >= 0.3 is 0 Å². The zero-order chi connectivity index (χ0) is 39.3. The molecular weight excluding hydrogens is 657 g/mol. The van der Waals surface area contributed by atoms with Crippen molar-refractivity contribution >= 4 is 0 Å². The van der Waals surface area contributed by atoms with E-state index in [1.165, 1.54) is 193 Å². The molecule has 0 unspecified atom stereocenters. The lowest BCUT2D eigenvalue weighted by atomic mass is 10.1. The fraction of sp³-hybridized carbons (Fsp3) is 0.957. The van der Waals surface area contributed by atoms with Crippen molar-refractivity contribution in [2.75, 3.05) is 33.0 Å². The normalized spacial score (nSPS) is 9.98. The van der Waals surface area contributed by atoms with Crippen LogP contribution >= 0.6 is 0 Å². The van der Waals surface area contributed by atoms with Crippen LogP contribution in [0.5, 0.6) is 0 Å². The molecule has 0 spiro atoms. The van der Waals surface area contributed by atoms with Gasteiger partial charge in [-0.25, -0.2) is 4.89 Å². The Morgan fingerprint density at radius 1 is 0.547 bits per heavy atom. The maximum absolute atomic E-state index is 8.42. The van der Waals surface area contributed by atoms with Crippen LogP contribution in [0.25, 0.3) is 0 Å². The number of nitrogens with zero attached hydrogens (tertiary/aromatic N) is 1. The minimum absolute atomic E-state index is 0. The zero-order valence-electron chi connectivity index (χ0n) is 37.4. The molecule has 0 bridgehead atoms. The molecule has 6 nitrogen and oxygen atoms in total. The summed E-state index contributed by atoms with van der Waals surface area (Å²) in [6, 6.07) is 0. The molecule has 0 rings (SSSR count). The molecule has 0 aliphatic rings. The monoisotopic (exact) mass is 767 g/mol. The maximum atomic E-state index is 8.42. The Kier molecular flexibility index (Phi) is 92.3. The van der Waals surface area contributed by atoms with Gasteiger partial charge in [0, 0.05) is 14.7 Å². The van der Waals surface area contributed by atoms with Crippen molar-refractivity contribution in [1.29, 1.82) is 0 Å². The second-order valence-corrected chi connectivity index (χ2v) is 15.2. The first-order chi connectivity index (χ1) is 24.8. The van der Waals surface area contributed by atoms with Gasteiger partial charge in [-0.05, 0) is 57.5 Å². The first-order valence-corrected chi connectivity index (χ1v) is 22.7. The van der Waals surface area contributed by atoms with E-state index in [4.69, 9.17) is 16.1 Å². The molecule has 0 saturated heterocycles. The van der Waals surface area contributed by atoms with Crippen LogP contribution in [0.1, 0.15) is 257 Å². The van der Waals surface area contributed by atoms with Gasteiger partial charge in [0.15, 0.2) is 0 Å². The molecule has 332 valence electrons. The Labute approximate surface area is 339 Å². The summed E-state index contributed by atoms with van der Waals surface area (Å²) in [5.41, 5.74) is 5.81. The maximum Gasteiger partial charge on any atom is 0.0819 e. The van der Waals surface area contributed by atoms with Gasteiger partial charge in [0.25, 0.3) is 0 Å². The van der Waals surface area contributed by atoms with E-state index in [0.717, 1.165) is 25.4 Å². The van der Waals surface area contributed by atoms with Gasteiger partial charge in [-0.2, -0.15) is 0 Å². The molecule has 6 N–H and O–H groups in total. The molecule has 6 heteroatoms. The Morgan fingerprint density at radius 3 is 1.11 bits per heavy atom. The third-order valence-electron chi connectivity index (χ3n) is 8.53. The number of unbranched alkanes of at least 4 members (excludes halogenated alkanes) is 25. The fourth-order valence-corrected chi connectivity index (χ4v) is 5.26. The van der Waals surface area contributed by atoms with Crippen LogP contribution in [0, 0.1) is 5.92 Å². The minimum Gasteiger partial charge on any atom is -0.412 e. The molecule has 0 aliphatic heterocycles. The van der Waals surface area contributed by atoms with Gasteiger partial charge in [-0.1, -0.05) is 223 Å². The standard InChI is InChI=1S/C17H36N2.C9H20.C8H18O2.C8H18O.C4H10.CH4.H2O.H2/c1-3-5-7-9-10-12-14-16-19(17-18)15-13-11-8-6-4-2;1-3-5-7-9-8-6-4-2;1-2-3-4-5-6-7-8-10-9;1-2-3-4-5-6-7-8-9;1-4(2)3;;;/h3H,1,4-18H2,2H3;3-9H2,1-2H3;9H,2-8H2,1H3;9H,2-8H2,1H3;4H,1-3H3;1H4;1H2;1H. The lowest BCUT2D eigenvalue weighted by molar-refractivity contribution is -0.242. The van der Waals surface area contributed by atoms with E-state index in [-0.39, 0.29) is 14.3 Å². The molecule has 0 fully saturated rings. The molecule has 0 aromatic carbocycles. The Morgan fingerprint density at radius 2 is 0.830 bits per heavy atom. The van der Waals surface area contributed by atoms with Gasteiger partial charge in [-0.3, -0.25) is 10.2 Å². The summed E-state index contributed by atoms with van der Waals surface area (Å²) >= 11 is 0. The zero-order valence-corrected chi connectivity index (χ0v) is 37.4. The molecule has 0 aliphatic carbocycles. The van der Waals surface area contributed by atoms with Crippen molar-refractivity contribution in [1.82, 2.24) is 4.90 Å².